The summed E-state index contributed by atoms with van der Waals surface area (Å²) in [6.45, 7) is 0. The van der Waals surface area contributed by atoms with Crippen molar-refractivity contribution < 1.29 is 4.74 Å². The summed E-state index contributed by atoms with van der Waals surface area (Å²) >= 11 is 5.88. The molecule has 0 fully saturated rings. The zero-order valence-electron chi connectivity index (χ0n) is 12.5. The van der Waals surface area contributed by atoms with E-state index in [4.69, 9.17) is 27.8 Å². The Balaban J connectivity index is 2.06. The quantitative estimate of drug-likeness (QED) is 0.718. The summed E-state index contributed by atoms with van der Waals surface area (Å²) in [6.07, 6.45) is 3.94. The van der Waals surface area contributed by atoms with E-state index in [1.54, 1.807) is 7.11 Å². The fourth-order valence-corrected chi connectivity index (χ4v) is 2.44. The number of aromatic nitrogens is 2. The number of methoxy groups -OCH3 is 1. The summed E-state index contributed by atoms with van der Waals surface area (Å²) in [5.74, 6) is 1.05. The van der Waals surface area contributed by atoms with Gasteiger partial charge >= 0.3 is 0 Å². The summed E-state index contributed by atoms with van der Waals surface area (Å²) in [5.41, 5.74) is 14.2. The summed E-state index contributed by atoms with van der Waals surface area (Å²) in [5, 5.41) is 1.36. The van der Waals surface area contributed by atoms with Crippen LogP contribution < -0.4 is 16.2 Å². The van der Waals surface area contributed by atoms with E-state index < -0.39 is 0 Å². The number of nitrogen functional groups attached to an aromatic ring is 2. The standard InChI is InChI=1S/C17H15ClN4O/c1-23-14-9-11(3-2-10-4-6-12(18)7-5-10)8-13-15(14)16(19)22-17(20)21-13/h2-9H,1H3,(H4,19,20,21,22). The van der Waals surface area contributed by atoms with E-state index in [1.807, 2.05) is 48.6 Å². The molecular weight excluding hydrogens is 312 g/mol. The van der Waals surface area contributed by atoms with E-state index in [0.29, 0.717) is 27.5 Å². The zero-order chi connectivity index (χ0) is 16.4. The lowest BCUT2D eigenvalue weighted by Crippen LogP contribution is -2.02. The first-order chi connectivity index (χ1) is 11.1. The molecule has 116 valence electrons. The zero-order valence-corrected chi connectivity index (χ0v) is 13.2. The molecule has 4 N–H and O–H groups in total. The molecule has 0 bridgehead atoms. The molecule has 1 aromatic heterocycles. The lowest BCUT2D eigenvalue weighted by molar-refractivity contribution is 0.419. The van der Waals surface area contributed by atoms with Crippen molar-refractivity contribution in [2.45, 2.75) is 0 Å². The molecule has 0 radical (unpaired) electrons. The van der Waals surface area contributed by atoms with Gasteiger partial charge < -0.3 is 16.2 Å². The van der Waals surface area contributed by atoms with E-state index in [0.717, 1.165) is 11.1 Å². The molecule has 0 aliphatic carbocycles. The van der Waals surface area contributed by atoms with Crippen LogP contribution in [0.2, 0.25) is 5.02 Å². The van der Waals surface area contributed by atoms with E-state index in [-0.39, 0.29) is 5.95 Å². The Morgan fingerprint density at radius 3 is 2.39 bits per heavy atom. The fourth-order valence-electron chi connectivity index (χ4n) is 2.32. The highest BCUT2D eigenvalue weighted by molar-refractivity contribution is 6.30. The van der Waals surface area contributed by atoms with Gasteiger partial charge in [0.15, 0.2) is 0 Å². The highest BCUT2D eigenvalue weighted by Gasteiger charge is 2.10. The van der Waals surface area contributed by atoms with Crippen molar-refractivity contribution in [1.29, 1.82) is 0 Å². The van der Waals surface area contributed by atoms with Gasteiger partial charge in [0, 0.05) is 5.02 Å². The van der Waals surface area contributed by atoms with Crippen LogP contribution >= 0.6 is 11.6 Å². The van der Waals surface area contributed by atoms with Crippen LogP contribution in [-0.4, -0.2) is 17.1 Å². The number of benzene rings is 2. The minimum atomic E-state index is 0.135. The van der Waals surface area contributed by atoms with Crippen molar-refractivity contribution in [2.75, 3.05) is 18.6 Å². The van der Waals surface area contributed by atoms with Gasteiger partial charge in [-0.25, -0.2) is 4.98 Å². The number of nitrogens with zero attached hydrogens (tertiary/aromatic N) is 2. The number of anilines is 2. The summed E-state index contributed by atoms with van der Waals surface area (Å²) in [4.78, 5) is 8.20. The minimum Gasteiger partial charge on any atom is -0.496 e. The predicted molar refractivity (Wildman–Crippen MR) is 95.3 cm³/mol. The third-order valence-corrected chi connectivity index (χ3v) is 3.64. The van der Waals surface area contributed by atoms with Gasteiger partial charge in [-0.1, -0.05) is 35.9 Å². The molecule has 6 heteroatoms. The van der Waals surface area contributed by atoms with E-state index in [9.17, 15) is 0 Å². The number of nitrogens with two attached hydrogens (primary N) is 2. The normalized spacial score (nSPS) is 11.2. The lowest BCUT2D eigenvalue weighted by atomic mass is 10.1. The van der Waals surface area contributed by atoms with Gasteiger partial charge in [-0.05, 0) is 35.4 Å². The number of fused-ring (bicyclic) bond motifs is 1. The minimum absolute atomic E-state index is 0.135. The Labute approximate surface area is 138 Å². The maximum atomic E-state index is 5.92. The van der Waals surface area contributed by atoms with Gasteiger partial charge in [-0.15, -0.1) is 0 Å². The third-order valence-electron chi connectivity index (χ3n) is 3.39. The Morgan fingerprint density at radius 1 is 1.00 bits per heavy atom. The van der Waals surface area contributed by atoms with Gasteiger partial charge in [-0.3, -0.25) is 0 Å². The van der Waals surface area contributed by atoms with Crippen LogP contribution in [-0.2, 0) is 0 Å². The largest absolute Gasteiger partial charge is 0.496 e. The van der Waals surface area contributed by atoms with Crippen LogP contribution in [0.5, 0.6) is 5.75 Å². The monoisotopic (exact) mass is 326 g/mol. The van der Waals surface area contributed by atoms with Crippen molar-refractivity contribution >= 4 is 46.4 Å². The smallest absolute Gasteiger partial charge is 0.222 e. The number of hydrogen-bond donors (Lipinski definition) is 2. The van der Waals surface area contributed by atoms with Crippen molar-refractivity contribution in [1.82, 2.24) is 9.97 Å². The first kappa shape index (κ1) is 15.1. The lowest BCUT2D eigenvalue weighted by Gasteiger charge is -2.09. The topological polar surface area (TPSA) is 87.0 Å². The summed E-state index contributed by atoms with van der Waals surface area (Å²) < 4.78 is 5.40. The molecule has 2 aromatic carbocycles. The van der Waals surface area contributed by atoms with Gasteiger partial charge in [0.05, 0.1) is 18.0 Å². The first-order valence-electron chi connectivity index (χ1n) is 6.91. The van der Waals surface area contributed by atoms with Crippen LogP contribution in [0, 0.1) is 0 Å². The van der Waals surface area contributed by atoms with Crippen molar-refractivity contribution in [3.63, 3.8) is 0 Å². The maximum absolute atomic E-state index is 5.92. The molecule has 23 heavy (non-hydrogen) atoms. The van der Waals surface area contributed by atoms with Crippen LogP contribution in [0.1, 0.15) is 11.1 Å². The van der Waals surface area contributed by atoms with Gasteiger partial charge in [0.1, 0.15) is 11.6 Å². The molecule has 0 saturated heterocycles. The molecular formula is C17H15ClN4O. The molecule has 1 heterocycles. The predicted octanol–water partition coefficient (Wildman–Crippen LogP) is 3.63. The van der Waals surface area contributed by atoms with Crippen LogP contribution in [0.4, 0.5) is 11.8 Å². The molecule has 3 rings (SSSR count). The summed E-state index contributed by atoms with van der Waals surface area (Å²) in [6, 6.07) is 11.3. The Morgan fingerprint density at radius 2 is 1.70 bits per heavy atom. The summed E-state index contributed by atoms with van der Waals surface area (Å²) in [7, 11) is 1.58. The average molecular weight is 327 g/mol. The second kappa shape index (κ2) is 6.14. The third kappa shape index (κ3) is 3.19. The number of ether oxygens (including phenoxy) is 1. The highest BCUT2D eigenvalue weighted by Crippen LogP contribution is 2.31. The van der Waals surface area contributed by atoms with Crippen LogP contribution in [0.25, 0.3) is 23.1 Å². The van der Waals surface area contributed by atoms with E-state index >= 15 is 0 Å². The molecule has 0 saturated carbocycles. The van der Waals surface area contributed by atoms with E-state index in [1.165, 1.54) is 0 Å². The number of rotatable bonds is 3. The Hall–Kier alpha value is -2.79. The van der Waals surface area contributed by atoms with Crippen molar-refractivity contribution in [2.24, 2.45) is 0 Å². The highest BCUT2D eigenvalue weighted by atomic mass is 35.5. The van der Waals surface area contributed by atoms with Crippen LogP contribution in [0.15, 0.2) is 36.4 Å². The van der Waals surface area contributed by atoms with Gasteiger partial charge in [0.2, 0.25) is 5.95 Å². The van der Waals surface area contributed by atoms with Crippen LogP contribution in [0.3, 0.4) is 0 Å². The fraction of sp³-hybridized carbons (Fsp3) is 0.0588. The number of halogens is 1. The Kier molecular flexibility index (Phi) is 4.04. The van der Waals surface area contributed by atoms with Crippen molar-refractivity contribution in [3.8, 4) is 5.75 Å². The molecule has 0 spiro atoms. The first-order valence-corrected chi connectivity index (χ1v) is 7.29. The van der Waals surface area contributed by atoms with Crippen molar-refractivity contribution in [3.05, 3.63) is 52.5 Å². The van der Waals surface area contributed by atoms with E-state index in [2.05, 4.69) is 9.97 Å². The molecule has 0 unspecified atom stereocenters. The molecule has 5 nitrogen and oxygen atoms in total. The SMILES string of the molecule is COc1cc(C=Cc2ccc(Cl)cc2)cc2nc(N)nc(N)c12. The van der Waals surface area contributed by atoms with Gasteiger partial charge in [-0.2, -0.15) is 4.98 Å². The second-order valence-electron chi connectivity index (χ2n) is 4.97. The Bertz CT molecular complexity index is 891. The molecule has 0 atom stereocenters. The molecule has 0 amide bonds. The van der Waals surface area contributed by atoms with Gasteiger partial charge in [0.25, 0.3) is 0 Å². The number of hydrogen-bond acceptors (Lipinski definition) is 5. The maximum Gasteiger partial charge on any atom is 0.222 e. The second-order valence-corrected chi connectivity index (χ2v) is 5.41. The molecule has 0 aliphatic heterocycles. The molecule has 0 aliphatic rings. The molecule has 3 aromatic rings. The average Bonchev–Trinajstić information content (AvgIpc) is 2.53.